The average Bonchev–Trinajstić information content (AvgIpc) is 2.71. The first-order chi connectivity index (χ1) is 13.9. The number of rotatable bonds is 25. The van der Waals surface area contributed by atoms with E-state index in [1.54, 1.807) is 0 Å². The summed E-state index contributed by atoms with van der Waals surface area (Å²) in [4.78, 5) is 0. The van der Waals surface area contributed by atoms with E-state index in [9.17, 15) is 0 Å². The normalized spacial score (nSPS) is 11.4. The largest absolute Gasteiger partial charge is 0.0654 e. The van der Waals surface area contributed by atoms with E-state index in [1.807, 2.05) is 0 Å². The van der Waals surface area contributed by atoms with Crippen molar-refractivity contribution in [1.82, 2.24) is 0 Å². The Morgan fingerprint density at radius 2 is 0.536 bits per heavy atom. The van der Waals surface area contributed by atoms with Crippen LogP contribution in [0.5, 0.6) is 0 Å². The molecule has 0 N–H and O–H groups in total. The van der Waals surface area contributed by atoms with Crippen molar-refractivity contribution < 1.29 is 0 Å². The third kappa shape index (κ3) is 26.0. The van der Waals surface area contributed by atoms with Crippen molar-refractivity contribution in [3.63, 3.8) is 0 Å². The first-order valence-corrected chi connectivity index (χ1v) is 13.7. The van der Waals surface area contributed by atoms with E-state index < -0.39 is 0 Å². The molecule has 0 aromatic heterocycles. The van der Waals surface area contributed by atoms with Gasteiger partial charge in [-0.05, 0) is 6.42 Å². The van der Waals surface area contributed by atoms with Crippen LogP contribution in [0.1, 0.15) is 174 Å². The number of unbranched alkanes of at least 4 members (excludes halogenated alkanes) is 25. The Morgan fingerprint density at radius 3 is 0.857 bits per heavy atom. The van der Waals surface area contributed by atoms with Gasteiger partial charge in [-0.2, -0.15) is 0 Å². The number of hydrogen-bond donors (Lipinski definition) is 0. The maximum atomic E-state index is 2.51. The van der Waals surface area contributed by atoms with Crippen molar-refractivity contribution in [1.29, 1.82) is 0 Å². The van der Waals surface area contributed by atoms with Crippen molar-refractivity contribution in [3.05, 3.63) is 6.42 Å². The van der Waals surface area contributed by atoms with Gasteiger partial charge >= 0.3 is 0 Å². The minimum atomic E-state index is 1.34. The molecule has 0 fully saturated rings. The van der Waals surface area contributed by atoms with E-state index in [2.05, 4.69) is 20.3 Å². The second kappa shape index (κ2) is 27.0. The van der Waals surface area contributed by atoms with Crippen LogP contribution in [0.15, 0.2) is 0 Å². The van der Waals surface area contributed by atoms with Gasteiger partial charge in [0.05, 0.1) is 0 Å². The first kappa shape index (κ1) is 28.0. The average molecular weight is 394 g/mol. The molecule has 0 saturated carbocycles. The molecule has 169 valence electrons. The van der Waals surface area contributed by atoms with Gasteiger partial charge in [0.1, 0.15) is 0 Å². The zero-order valence-electron chi connectivity index (χ0n) is 20.3. The summed E-state index contributed by atoms with van der Waals surface area (Å²) >= 11 is 0. The van der Waals surface area contributed by atoms with Crippen molar-refractivity contribution in [2.24, 2.45) is 0 Å². The lowest BCUT2D eigenvalue weighted by molar-refractivity contribution is 0.520. The molecular weight excluding hydrogens is 336 g/mol. The van der Waals surface area contributed by atoms with Crippen LogP contribution in [0.4, 0.5) is 0 Å². The van der Waals surface area contributed by atoms with E-state index in [1.165, 1.54) is 161 Å². The molecule has 0 aliphatic carbocycles. The van der Waals surface area contributed by atoms with E-state index in [0.717, 1.165) is 0 Å². The van der Waals surface area contributed by atoms with Crippen molar-refractivity contribution >= 4 is 0 Å². The van der Waals surface area contributed by atoms with Crippen LogP contribution in [0.3, 0.4) is 0 Å². The fourth-order valence-corrected chi connectivity index (χ4v) is 4.21. The molecule has 1 radical (unpaired) electrons. The van der Waals surface area contributed by atoms with Crippen molar-refractivity contribution in [2.45, 2.75) is 174 Å². The molecular formula is C28H57. The quantitative estimate of drug-likeness (QED) is 0.135. The summed E-state index contributed by atoms with van der Waals surface area (Å²) in [5.74, 6) is 0. The lowest BCUT2D eigenvalue weighted by atomic mass is 10.0. The van der Waals surface area contributed by atoms with E-state index in [0.29, 0.717) is 0 Å². The molecule has 0 heterocycles. The zero-order valence-corrected chi connectivity index (χ0v) is 20.3. The molecule has 0 saturated heterocycles. The minimum Gasteiger partial charge on any atom is -0.0654 e. The molecule has 0 unspecified atom stereocenters. The molecule has 0 heteroatoms. The predicted molar refractivity (Wildman–Crippen MR) is 131 cm³/mol. The summed E-state index contributed by atoms with van der Waals surface area (Å²) in [6.07, 6.45) is 38.9. The molecule has 0 amide bonds. The van der Waals surface area contributed by atoms with Gasteiger partial charge in [0.15, 0.2) is 0 Å². The summed E-state index contributed by atoms with van der Waals surface area (Å²) in [5.41, 5.74) is 0. The molecule has 0 rings (SSSR count). The Balaban J connectivity index is 2.96. The maximum Gasteiger partial charge on any atom is -0.0386 e. The fraction of sp³-hybridized carbons (Fsp3) is 0.964. The lowest BCUT2D eigenvalue weighted by Gasteiger charge is -2.04. The molecule has 0 aromatic rings. The number of hydrogen-bond acceptors (Lipinski definition) is 0. The highest BCUT2D eigenvalue weighted by atomic mass is 14.0. The zero-order chi connectivity index (χ0) is 20.4. The fourth-order valence-electron chi connectivity index (χ4n) is 4.21. The minimum absolute atomic E-state index is 1.34. The van der Waals surface area contributed by atoms with Crippen LogP contribution in [-0.2, 0) is 0 Å². The molecule has 0 aliphatic rings. The van der Waals surface area contributed by atoms with Gasteiger partial charge in [0.2, 0.25) is 0 Å². The van der Waals surface area contributed by atoms with Crippen LogP contribution >= 0.6 is 0 Å². The Labute approximate surface area is 181 Å². The van der Waals surface area contributed by atoms with Gasteiger partial charge in [-0.25, -0.2) is 0 Å². The van der Waals surface area contributed by atoms with Crippen LogP contribution < -0.4 is 0 Å². The van der Waals surface area contributed by atoms with Crippen LogP contribution in [0.25, 0.3) is 0 Å². The van der Waals surface area contributed by atoms with Crippen molar-refractivity contribution in [2.75, 3.05) is 0 Å². The van der Waals surface area contributed by atoms with Crippen molar-refractivity contribution in [3.8, 4) is 0 Å². The second-order valence-electron chi connectivity index (χ2n) is 9.29. The summed E-state index contributed by atoms with van der Waals surface area (Å²) in [7, 11) is 0. The summed E-state index contributed by atoms with van der Waals surface area (Å²) in [5, 5.41) is 0. The summed E-state index contributed by atoms with van der Waals surface area (Å²) in [6, 6.07) is 0. The van der Waals surface area contributed by atoms with Gasteiger partial charge < -0.3 is 0 Å². The maximum absolute atomic E-state index is 2.51. The predicted octanol–water partition coefficient (Wildman–Crippen LogP) is 11.0. The molecule has 0 spiro atoms. The third-order valence-electron chi connectivity index (χ3n) is 6.27. The van der Waals surface area contributed by atoms with Crippen LogP contribution in [0, 0.1) is 6.42 Å². The Bertz CT molecular complexity index is 218. The monoisotopic (exact) mass is 393 g/mol. The van der Waals surface area contributed by atoms with Gasteiger partial charge in [0, 0.05) is 0 Å². The molecule has 0 bridgehead atoms. The smallest absolute Gasteiger partial charge is 0.0386 e. The highest BCUT2D eigenvalue weighted by Gasteiger charge is 1.96. The van der Waals surface area contributed by atoms with Crippen LogP contribution in [0.2, 0.25) is 0 Å². The van der Waals surface area contributed by atoms with Gasteiger partial charge in [-0.3, -0.25) is 0 Å². The molecule has 0 aromatic carbocycles. The van der Waals surface area contributed by atoms with E-state index in [4.69, 9.17) is 0 Å². The highest BCUT2D eigenvalue weighted by molar-refractivity contribution is 4.63. The molecule has 0 nitrogen and oxygen atoms in total. The molecule has 0 aliphatic heterocycles. The van der Waals surface area contributed by atoms with Crippen LogP contribution in [-0.4, -0.2) is 0 Å². The Morgan fingerprint density at radius 1 is 0.286 bits per heavy atom. The van der Waals surface area contributed by atoms with E-state index in [-0.39, 0.29) is 0 Å². The van der Waals surface area contributed by atoms with Gasteiger partial charge in [-0.1, -0.05) is 174 Å². The molecule has 0 atom stereocenters. The first-order valence-electron chi connectivity index (χ1n) is 13.7. The summed E-state index contributed by atoms with van der Waals surface area (Å²) < 4.78 is 0. The summed E-state index contributed by atoms with van der Waals surface area (Å²) in [6.45, 7) is 4.59. The topological polar surface area (TPSA) is 0 Å². The third-order valence-corrected chi connectivity index (χ3v) is 6.27. The standard InChI is InChI=1S/C28H57/c1-3-5-7-9-11-13-15-17-19-21-23-25-27-28-26-24-22-20-18-16-14-12-10-8-6-4-2/h9H,3-8,10-28H2,1-2H3. The molecule has 28 heavy (non-hydrogen) atoms. The van der Waals surface area contributed by atoms with Gasteiger partial charge in [0.25, 0.3) is 0 Å². The SMILES string of the molecule is CCCC[CH]CCCCCCCCCCCCCCCCCCCCCCC. The second-order valence-corrected chi connectivity index (χ2v) is 9.29. The van der Waals surface area contributed by atoms with E-state index >= 15 is 0 Å². The highest BCUT2D eigenvalue weighted by Crippen LogP contribution is 2.15. The van der Waals surface area contributed by atoms with Gasteiger partial charge in [-0.15, -0.1) is 0 Å². The Hall–Kier alpha value is 0. The lowest BCUT2D eigenvalue weighted by Crippen LogP contribution is -1.84. The Kier molecular flexibility index (Phi) is 27.0.